The number of para-hydroxylation sites is 1. The molecule has 0 spiro atoms. The Bertz CT molecular complexity index is 621. The summed E-state index contributed by atoms with van der Waals surface area (Å²) in [6.45, 7) is 1.25. The summed E-state index contributed by atoms with van der Waals surface area (Å²) in [6, 6.07) is 7.53. The van der Waals surface area contributed by atoms with Crippen molar-refractivity contribution in [1.29, 1.82) is 0 Å². The lowest BCUT2D eigenvalue weighted by Gasteiger charge is -2.11. The molecule has 21 heavy (non-hydrogen) atoms. The number of carbonyl (C=O) groups excluding carboxylic acids is 1. The quantitative estimate of drug-likeness (QED) is 0.897. The largest absolute Gasteiger partial charge is 0.467 e. The number of benzene rings is 1. The van der Waals surface area contributed by atoms with Crippen molar-refractivity contribution >= 4 is 16.8 Å². The molecular weight excluding hydrogens is 270 g/mol. The first-order valence-electron chi connectivity index (χ1n) is 7.04. The molecule has 1 amide bonds. The highest BCUT2D eigenvalue weighted by atomic mass is 16.5. The van der Waals surface area contributed by atoms with E-state index in [0.29, 0.717) is 12.4 Å². The summed E-state index contributed by atoms with van der Waals surface area (Å²) in [7, 11) is 0. The van der Waals surface area contributed by atoms with E-state index in [1.54, 1.807) is 0 Å². The lowest BCUT2D eigenvalue weighted by molar-refractivity contribution is -0.123. The third-order valence-electron chi connectivity index (χ3n) is 3.40. The van der Waals surface area contributed by atoms with Crippen LogP contribution < -0.4 is 10.1 Å². The molecule has 2 aromatic rings. The van der Waals surface area contributed by atoms with Gasteiger partial charge in [-0.25, -0.2) is 9.97 Å². The number of aromatic nitrogens is 2. The van der Waals surface area contributed by atoms with Gasteiger partial charge in [0.1, 0.15) is 6.33 Å². The van der Waals surface area contributed by atoms with Crippen molar-refractivity contribution in [2.75, 3.05) is 19.8 Å². The summed E-state index contributed by atoms with van der Waals surface area (Å²) in [5.41, 5.74) is 0.794. The Morgan fingerprint density at radius 1 is 1.38 bits per heavy atom. The first-order chi connectivity index (χ1) is 10.3. The zero-order valence-corrected chi connectivity index (χ0v) is 11.6. The van der Waals surface area contributed by atoms with Crippen LogP contribution in [0.5, 0.6) is 5.88 Å². The molecule has 1 aliphatic heterocycles. The maximum absolute atomic E-state index is 11.8. The van der Waals surface area contributed by atoms with Crippen molar-refractivity contribution < 1.29 is 14.3 Å². The van der Waals surface area contributed by atoms with Crippen LogP contribution in [-0.4, -0.2) is 41.7 Å². The maximum Gasteiger partial charge on any atom is 0.258 e. The summed E-state index contributed by atoms with van der Waals surface area (Å²) in [5, 5.41) is 3.61. The van der Waals surface area contributed by atoms with Gasteiger partial charge in [-0.2, -0.15) is 0 Å². The van der Waals surface area contributed by atoms with Gasteiger partial charge in [0.2, 0.25) is 5.88 Å². The predicted octanol–water partition coefficient (Wildman–Crippen LogP) is 1.30. The zero-order chi connectivity index (χ0) is 14.5. The average molecular weight is 287 g/mol. The molecule has 1 N–H and O–H groups in total. The topological polar surface area (TPSA) is 73.3 Å². The second kappa shape index (κ2) is 6.49. The molecule has 3 rings (SSSR count). The molecule has 6 heteroatoms. The second-order valence-electron chi connectivity index (χ2n) is 4.92. The summed E-state index contributed by atoms with van der Waals surface area (Å²) >= 11 is 0. The Kier molecular flexibility index (Phi) is 4.25. The van der Waals surface area contributed by atoms with Gasteiger partial charge in [0.15, 0.2) is 6.61 Å². The van der Waals surface area contributed by atoms with E-state index in [0.717, 1.165) is 30.4 Å². The predicted molar refractivity (Wildman–Crippen MR) is 77.0 cm³/mol. The Hall–Kier alpha value is -2.21. The molecule has 1 fully saturated rings. The number of hydrogen-bond acceptors (Lipinski definition) is 5. The molecule has 1 aromatic carbocycles. The Balaban J connectivity index is 1.54. The van der Waals surface area contributed by atoms with E-state index < -0.39 is 0 Å². The minimum absolute atomic E-state index is 0.0618. The minimum atomic E-state index is -0.173. The molecule has 2 heterocycles. The normalized spacial score (nSPS) is 17.8. The van der Waals surface area contributed by atoms with Gasteiger partial charge in [-0.1, -0.05) is 12.1 Å². The van der Waals surface area contributed by atoms with Crippen LogP contribution in [0, 0.1) is 0 Å². The fraction of sp³-hybridized carbons (Fsp3) is 0.400. The van der Waals surface area contributed by atoms with E-state index in [9.17, 15) is 4.79 Å². The van der Waals surface area contributed by atoms with Gasteiger partial charge >= 0.3 is 0 Å². The van der Waals surface area contributed by atoms with Crippen LogP contribution in [0.25, 0.3) is 10.9 Å². The summed E-state index contributed by atoms with van der Waals surface area (Å²) in [6.07, 6.45) is 3.62. The molecule has 0 bridgehead atoms. The van der Waals surface area contributed by atoms with Crippen LogP contribution in [0.3, 0.4) is 0 Å². The fourth-order valence-corrected chi connectivity index (χ4v) is 2.31. The monoisotopic (exact) mass is 287 g/mol. The lowest BCUT2D eigenvalue weighted by atomic mass is 10.2. The lowest BCUT2D eigenvalue weighted by Crippen LogP contribution is -2.35. The van der Waals surface area contributed by atoms with Gasteiger partial charge in [-0.05, 0) is 25.0 Å². The maximum atomic E-state index is 11.8. The van der Waals surface area contributed by atoms with Gasteiger partial charge in [0.25, 0.3) is 5.91 Å². The first kappa shape index (κ1) is 13.8. The van der Waals surface area contributed by atoms with Crippen molar-refractivity contribution in [2.45, 2.75) is 18.9 Å². The number of rotatable bonds is 5. The van der Waals surface area contributed by atoms with Gasteiger partial charge in [-0.15, -0.1) is 0 Å². The van der Waals surface area contributed by atoms with Crippen LogP contribution in [0.2, 0.25) is 0 Å². The SMILES string of the molecule is O=C(COc1ncnc2ccccc12)NC[C@@H]1CCCO1. The molecule has 0 aliphatic carbocycles. The van der Waals surface area contributed by atoms with Gasteiger partial charge < -0.3 is 14.8 Å². The van der Waals surface area contributed by atoms with Crippen LogP contribution in [0.1, 0.15) is 12.8 Å². The van der Waals surface area contributed by atoms with E-state index in [1.807, 2.05) is 24.3 Å². The molecular formula is C15H17N3O3. The molecule has 6 nitrogen and oxygen atoms in total. The summed E-state index contributed by atoms with van der Waals surface area (Å²) in [5.74, 6) is 0.251. The third kappa shape index (κ3) is 3.46. The number of fused-ring (bicyclic) bond motifs is 1. The Morgan fingerprint density at radius 2 is 2.29 bits per heavy atom. The number of hydrogen-bond donors (Lipinski definition) is 1. The molecule has 1 saturated heterocycles. The molecule has 0 saturated carbocycles. The van der Waals surface area contributed by atoms with E-state index in [1.165, 1.54) is 6.33 Å². The van der Waals surface area contributed by atoms with Crippen molar-refractivity contribution in [3.8, 4) is 5.88 Å². The molecule has 1 atom stereocenters. The summed E-state index contributed by atoms with van der Waals surface area (Å²) < 4.78 is 10.9. The molecule has 1 aliphatic rings. The van der Waals surface area contributed by atoms with E-state index in [-0.39, 0.29) is 18.6 Å². The number of carbonyl (C=O) groups is 1. The van der Waals surface area contributed by atoms with E-state index >= 15 is 0 Å². The van der Waals surface area contributed by atoms with Crippen molar-refractivity contribution in [1.82, 2.24) is 15.3 Å². The van der Waals surface area contributed by atoms with Gasteiger partial charge in [0.05, 0.1) is 17.0 Å². The van der Waals surface area contributed by atoms with E-state index in [4.69, 9.17) is 9.47 Å². The number of amides is 1. The van der Waals surface area contributed by atoms with Crippen molar-refractivity contribution in [3.05, 3.63) is 30.6 Å². The Morgan fingerprint density at radius 3 is 3.14 bits per heavy atom. The number of nitrogens with zero attached hydrogens (tertiary/aromatic N) is 2. The van der Waals surface area contributed by atoms with E-state index in [2.05, 4.69) is 15.3 Å². The average Bonchev–Trinajstić information content (AvgIpc) is 3.04. The zero-order valence-electron chi connectivity index (χ0n) is 11.6. The van der Waals surface area contributed by atoms with Crippen LogP contribution >= 0.6 is 0 Å². The first-order valence-corrected chi connectivity index (χ1v) is 7.04. The minimum Gasteiger partial charge on any atom is -0.467 e. The van der Waals surface area contributed by atoms with Gasteiger partial charge in [0, 0.05) is 13.2 Å². The number of ether oxygens (including phenoxy) is 2. The number of nitrogens with one attached hydrogen (secondary N) is 1. The molecule has 110 valence electrons. The highest BCUT2D eigenvalue weighted by Crippen LogP contribution is 2.20. The fourth-order valence-electron chi connectivity index (χ4n) is 2.31. The molecule has 0 radical (unpaired) electrons. The third-order valence-corrected chi connectivity index (χ3v) is 3.40. The Labute approximate surface area is 122 Å². The summed E-state index contributed by atoms with van der Waals surface area (Å²) in [4.78, 5) is 20.0. The highest BCUT2D eigenvalue weighted by molar-refractivity contribution is 5.83. The van der Waals surface area contributed by atoms with Gasteiger partial charge in [-0.3, -0.25) is 4.79 Å². The molecule has 1 aromatic heterocycles. The van der Waals surface area contributed by atoms with Crippen LogP contribution in [0.15, 0.2) is 30.6 Å². The van der Waals surface area contributed by atoms with Crippen molar-refractivity contribution in [3.63, 3.8) is 0 Å². The van der Waals surface area contributed by atoms with Crippen LogP contribution in [0.4, 0.5) is 0 Å². The standard InChI is InChI=1S/C15H17N3O3/c19-14(16-8-11-4-3-7-20-11)9-21-15-12-5-1-2-6-13(12)17-10-18-15/h1-2,5-6,10-11H,3-4,7-9H2,(H,16,19)/t11-/m0/s1. The molecule has 0 unspecified atom stereocenters. The second-order valence-corrected chi connectivity index (χ2v) is 4.92. The van der Waals surface area contributed by atoms with Crippen molar-refractivity contribution in [2.24, 2.45) is 0 Å². The smallest absolute Gasteiger partial charge is 0.258 e. The highest BCUT2D eigenvalue weighted by Gasteiger charge is 2.16. The van der Waals surface area contributed by atoms with Crippen LogP contribution in [-0.2, 0) is 9.53 Å².